The maximum Gasteiger partial charge on any atom is 0.189 e. The van der Waals surface area contributed by atoms with Gasteiger partial charge in [0.25, 0.3) is 0 Å². The quantitative estimate of drug-likeness (QED) is 0.797. The molecule has 1 unspecified atom stereocenters. The Balaban J connectivity index is 2.43. The minimum Gasteiger partial charge on any atom is -0.380 e. The molecule has 0 amide bonds. The number of nitrogens with one attached hydrogen (secondary N) is 1. The molecule has 1 atom stereocenters. The second-order valence-electron chi connectivity index (χ2n) is 4.23. The highest BCUT2D eigenvalue weighted by atomic mass is 16.7. The van der Waals surface area contributed by atoms with Gasteiger partial charge in [-0.1, -0.05) is 6.07 Å². The van der Waals surface area contributed by atoms with E-state index in [-0.39, 0.29) is 0 Å². The number of aromatic amines is 1. The predicted molar refractivity (Wildman–Crippen MR) is 65.7 cm³/mol. The SMILES string of the molecule is COC(OC)C(C)(O)c1ccc2[nH]ccc2c1. The second-order valence-corrected chi connectivity index (χ2v) is 4.23. The van der Waals surface area contributed by atoms with E-state index in [1.165, 1.54) is 14.2 Å². The standard InChI is InChI=1S/C13H17NO3/c1-13(15,12(16-2)17-3)10-4-5-11-9(8-10)6-7-14-11/h4-8,12,14-15H,1-3H3. The fourth-order valence-electron chi connectivity index (χ4n) is 2.06. The third-order valence-corrected chi connectivity index (χ3v) is 3.02. The van der Waals surface area contributed by atoms with E-state index >= 15 is 0 Å². The fourth-order valence-corrected chi connectivity index (χ4v) is 2.06. The number of benzene rings is 1. The van der Waals surface area contributed by atoms with Crippen molar-refractivity contribution in [1.29, 1.82) is 0 Å². The van der Waals surface area contributed by atoms with Crippen molar-refractivity contribution >= 4 is 10.9 Å². The van der Waals surface area contributed by atoms with Crippen LogP contribution >= 0.6 is 0 Å². The molecule has 0 spiro atoms. The minimum absolute atomic E-state index is 0.695. The number of rotatable bonds is 4. The van der Waals surface area contributed by atoms with Gasteiger partial charge in [-0.3, -0.25) is 0 Å². The number of methoxy groups -OCH3 is 2. The van der Waals surface area contributed by atoms with Crippen molar-refractivity contribution in [3.05, 3.63) is 36.0 Å². The lowest BCUT2D eigenvalue weighted by Gasteiger charge is -2.30. The third-order valence-electron chi connectivity index (χ3n) is 3.02. The summed E-state index contributed by atoms with van der Waals surface area (Å²) in [5.41, 5.74) is 0.615. The summed E-state index contributed by atoms with van der Waals surface area (Å²) in [6.45, 7) is 1.68. The molecule has 2 aromatic rings. The summed E-state index contributed by atoms with van der Waals surface area (Å²) in [5.74, 6) is 0. The normalized spacial score (nSPS) is 15.4. The second kappa shape index (κ2) is 4.49. The van der Waals surface area contributed by atoms with E-state index < -0.39 is 11.9 Å². The number of ether oxygens (including phenoxy) is 2. The van der Waals surface area contributed by atoms with E-state index in [4.69, 9.17) is 9.47 Å². The Kier molecular flexibility index (Phi) is 3.19. The van der Waals surface area contributed by atoms with Crippen molar-refractivity contribution in [3.8, 4) is 0 Å². The van der Waals surface area contributed by atoms with Gasteiger partial charge in [0.1, 0.15) is 5.60 Å². The van der Waals surface area contributed by atoms with Crippen LogP contribution in [0.1, 0.15) is 12.5 Å². The molecular weight excluding hydrogens is 218 g/mol. The molecule has 0 saturated carbocycles. The molecule has 4 nitrogen and oxygen atoms in total. The van der Waals surface area contributed by atoms with Crippen LogP contribution in [0.2, 0.25) is 0 Å². The highest BCUT2D eigenvalue weighted by Crippen LogP contribution is 2.29. The molecule has 1 aromatic carbocycles. The Morgan fingerprint density at radius 3 is 2.59 bits per heavy atom. The van der Waals surface area contributed by atoms with Crippen LogP contribution in [0.15, 0.2) is 30.5 Å². The number of aromatic nitrogens is 1. The molecular formula is C13H17NO3. The summed E-state index contributed by atoms with van der Waals surface area (Å²) in [5, 5.41) is 11.5. The summed E-state index contributed by atoms with van der Waals surface area (Å²) < 4.78 is 10.3. The monoisotopic (exact) mass is 235 g/mol. The van der Waals surface area contributed by atoms with Gasteiger partial charge in [0.2, 0.25) is 0 Å². The summed E-state index contributed by atoms with van der Waals surface area (Å²) in [7, 11) is 3.02. The maximum atomic E-state index is 10.5. The molecule has 0 bridgehead atoms. The Morgan fingerprint density at radius 2 is 1.94 bits per heavy atom. The Bertz CT molecular complexity index is 500. The van der Waals surface area contributed by atoms with E-state index in [0.29, 0.717) is 0 Å². The van der Waals surface area contributed by atoms with E-state index in [9.17, 15) is 5.11 Å². The lowest BCUT2D eigenvalue weighted by atomic mass is 9.94. The van der Waals surface area contributed by atoms with Crippen LogP contribution in [-0.2, 0) is 15.1 Å². The molecule has 4 heteroatoms. The number of hydrogen-bond acceptors (Lipinski definition) is 3. The van der Waals surface area contributed by atoms with Crippen LogP contribution in [0.3, 0.4) is 0 Å². The molecule has 1 heterocycles. The van der Waals surface area contributed by atoms with Crippen LogP contribution in [0, 0.1) is 0 Å². The van der Waals surface area contributed by atoms with Crippen LogP contribution < -0.4 is 0 Å². The van der Waals surface area contributed by atoms with Gasteiger partial charge in [-0.25, -0.2) is 0 Å². The van der Waals surface area contributed by atoms with Gasteiger partial charge in [0, 0.05) is 25.9 Å². The van der Waals surface area contributed by atoms with Gasteiger partial charge in [-0.2, -0.15) is 0 Å². The van der Waals surface area contributed by atoms with E-state index in [1.807, 2.05) is 30.5 Å². The number of hydrogen-bond donors (Lipinski definition) is 2. The Labute approximate surface area is 100 Å². The maximum absolute atomic E-state index is 10.5. The number of fused-ring (bicyclic) bond motifs is 1. The van der Waals surface area contributed by atoms with Gasteiger partial charge in [-0.05, 0) is 36.1 Å². The number of H-pyrrole nitrogens is 1. The predicted octanol–water partition coefficient (Wildman–Crippen LogP) is 1.99. The molecule has 2 rings (SSSR count). The largest absolute Gasteiger partial charge is 0.380 e. The summed E-state index contributed by atoms with van der Waals surface area (Å²) in [6, 6.07) is 7.69. The Hall–Kier alpha value is -1.36. The Morgan fingerprint density at radius 1 is 1.24 bits per heavy atom. The summed E-state index contributed by atoms with van der Waals surface area (Å²) >= 11 is 0. The zero-order valence-electron chi connectivity index (χ0n) is 10.2. The molecule has 0 aliphatic heterocycles. The van der Waals surface area contributed by atoms with Gasteiger partial charge < -0.3 is 19.6 Å². The van der Waals surface area contributed by atoms with E-state index in [0.717, 1.165) is 16.5 Å². The van der Waals surface area contributed by atoms with Crippen molar-refractivity contribution in [2.24, 2.45) is 0 Å². The van der Waals surface area contributed by atoms with E-state index in [2.05, 4.69) is 4.98 Å². The zero-order chi connectivity index (χ0) is 12.5. The van der Waals surface area contributed by atoms with Crippen LogP contribution in [0.25, 0.3) is 10.9 Å². The lowest BCUT2D eigenvalue weighted by Crippen LogP contribution is -2.39. The molecule has 1 aromatic heterocycles. The lowest BCUT2D eigenvalue weighted by molar-refractivity contribution is -0.213. The van der Waals surface area contributed by atoms with Crippen LogP contribution in [0.4, 0.5) is 0 Å². The molecule has 17 heavy (non-hydrogen) atoms. The molecule has 0 fully saturated rings. The van der Waals surface area contributed by atoms with Crippen molar-refractivity contribution in [2.45, 2.75) is 18.8 Å². The summed E-state index contributed by atoms with van der Waals surface area (Å²) in [6.07, 6.45) is 1.17. The topological polar surface area (TPSA) is 54.5 Å². The van der Waals surface area contributed by atoms with Crippen molar-refractivity contribution in [2.75, 3.05) is 14.2 Å². The molecule has 0 aliphatic rings. The number of aliphatic hydroxyl groups is 1. The highest BCUT2D eigenvalue weighted by molar-refractivity contribution is 5.80. The fraction of sp³-hybridized carbons (Fsp3) is 0.385. The first-order chi connectivity index (χ1) is 8.09. The van der Waals surface area contributed by atoms with Crippen molar-refractivity contribution in [1.82, 2.24) is 4.98 Å². The molecule has 0 saturated heterocycles. The summed E-state index contributed by atoms with van der Waals surface area (Å²) in [4.78, 5) is 3.11. The average molecular weight is 235 g/mol. The van der Waals surface area contributed by atoms with Gasteiger partial charge in [0.15, 0.2) is 6.29 Å². The van der Waals surface area contributed by atoms with Gasteiger partial charge in [-0.15, -0.1) is 0 Å². The molecule has 92 valence electrons. The highest BCUT2D eigenvalue weighted by Gasteiger charge is 2.34. The third kappa shape index (κ3) is 2.07. The molecule has 0 radical (unpaired) electrons. The molecule has 0 aliphatic carbocycles. The average Bonchev–Trinajstić information content (AvgIpc) is 2.77. The van der Waals surface area contributed by atoms with Gasteiger partial charge in [0.05, 0.1) is 0 Å². The van der Waals surface area contributed by atoms with Crippen LogP contribution in [-0.4, -0.2) is 30.6 Å². The minimum atomic E-state index is -1.19. The van der Waals surface area contributed by atoms with E-state index in [1.54, 1.807) is 6.92 Å². The smallest absolute Gasteiger partial charge is 0.189 e. The first-order valence-electron chi connectivity index (χ1n) is 5.45. The first kappa shape index (κ1) is 12.1. The van der Waals surface area contributed by atoms with Crippen LogP contribution in [0.5, 0.6) is 0 Å². The molecule has 2 N–H and O–H groups in total. The van der Waals surface area contributed by atoms with Crippen molar-refractivity contribution < 1.29 is 14.6 Å². The first-order valence-corrected chi connectivity index (χ1v) is 5.45. The van der Waals surface area contributed by atoms with Gasteiger partial charge >= 0.3 is 0 Å². The zero-order valence-corrected chi connectivity index (χ0v) is 10.2. The van der Waals surface area contributed by atoms with Crippen molar-refractivity contribution in [3.63, 3.8) is 0 Å².